The molecule has 126 valence electrons. The molecule has 0 spiro atoms. The molecule has 24 heavy (non-hydrogen) atoms. The quantitative estimate of drug-likeness (QED) is 0.872. The normalized spacial score (nSPS) is 13.0. The SMILES string of the molecule is COc1ncccc1NC(=O)CNC(=O)c1cc2c(s1)CCCC2. The highest BCUT2D eigenvalue weighted by atomic mass is 32.1. The number of nitrogens with one attached hydrogen (secondary N) is 2. The van der Waals surface area contributed by atoms with Gasteiger partial charge >= 0.3 is 0 Å². The van der Waals surface area contributed by atoms with Gasteiger partial charge in [-0.25, -0.2) is 4.98 Å². The van der Waals surface area contributed by atoms with Gasteiger partial charge < -0.3 is 15.4 Å². The van der Waals surface area contributed by atoms with Gasteiger partial charge in [-0.05, 0) is 49.4 Å². The molecule has 0 unspecified atom stereocenters. The summed E-state index contributed by atoms with van der Waals surface area (Å²) in [7, 11) is 1.48. The van der Waals surface area contributed by atoms with Crippen molar-refractivity contribution in [2.45, 2.75) is 25.7 Å². The third-order valence-electron chi connectivity index (χ3n) is 3.87. The second-order valence-corrected chi connectivity index (χ2v) is 6.69. The van der Waals surface area contributed by atoms with Crippen molar-refractivity contribution in [3.05, 3.63) is 39.7 Å². The number of carbonyl (C=O) groups excluding carboxylic acids is 2. The molecular formula is C17H19N3O3S. The maximum Gasteiger partial charge on any atom is 0.261 e. The number of pyridine rings is 1. The molecule has 2 aromatic rings. The number of amides is 2. The topological polar surface area (TPSA) is 80.3 Å². The summed E-state index contributed by atoms with van der Waals surface area (Å²) in [4.78, 5) is 30.2. The number of rotatable bonds is 5. The molecule has 0 fully saturated rings. The van der Waals surface area contributed by atoms with Crippen LogP contribution in [-0.2, 0) is 17.6 Å². The van der Waals surface area contributed by atoms with Gasteiger partial charge in [0.25, 0.3) is 5.91 Å². The van der Waals surface area contributed by atoms with Crippen LogP contribution in [0.3, 0.4) is 0 Å². The van der Waals surface area contributed by atoms with Gasteiger partial charge in [0.1, 0.15) is 5.69 Å². The van der Waals surface area contributed by atoms with E-state index in [1.54, 1.807) is 18.3 Å². The number of nitrogens with zero attached hydrogens (tertiary/aromatic N) is 1. The van der Waals surface area contributed by atoms with Crippen LogP contribution >= 0.6 is 11.3 Å². The van der Waals surface area contributed by atoms with Crippen LogP contribution in [0, 0.1) is 0 Å². The van der Waals surface area contributed by atoms with E-state index in [1.165, 1.54) is 41.7 Å². The Kier molecular flexibility index (Phi) is 5.10. The highest BCUT2D eigenvalue weighted by molar-refractivity contribution is 7.14. The fraction of sp³-hybridized carbons (Fsp3) is 0.353. The first-order valence-corrected chi connectivity index (χ1v) is 8.67. The van der Waals surface area contributed by atoms with Gasteiger partial charge in [0.15, 0.2) is 0 Å². The Morgan fingerprint density at radius 1 is 1.33 bits per heavy atom. The van der Waals surface area contributed by atoms with Crippen LogP contribution in [0.1, 0.15) is 33.0 Å². The van der Waals surface area contributed by atoms with Crippen LogP contribution in [0.5, 0.6) is 5.88 Å². The molecule has 2 heterocycles. The molecule has 1 aliphatic rings. The smallest absolute Gasteiger partial charge is 0.261 e. The van der Waals surface area contributed by atoms with Crippen molar-refractivity contribution in [2.75, 3.05) is 19.0 Å². The Bertz CT molecular complexity index is 734. The van der Waals surface area contributed by atoms with Gasteiger partial charge in [0.2, 0.25) is 11.8 Å². The van der Waals surface area contributed by atoms with E-state index in [0.717, 1.165) is 12.8 Å². The maximum absolute atomic E-state index is 12.2. The van der Waals surface area contributed by atoms with Gasteiger partial charge in [0, 0.05) is 11.1 Å². The van der Waals surface area contributed by atoms with Crippen LogP contribution in [0.4, 0.5) is 5.69 Å². The van der Waals surface area contributed by atoms with Gasteiger partial charge in [-0.15, -0.1) is 11.3 Å². The summed E-state index contributed by atoms with van der Waals surface area (Å²) < 4.78 is 5.08. The zero-order valence-corrected chi connectivity index (χ0v) is 14.2. The molecule has 0 bridgehead atoms. The summed E-state index contributed by atoms with van der Waals surface area (Å²) >= 11 is 1.53. The fourth-order valence-corrected chi connectivity index (χ4v) is 3.86. The van der Waals surface area contributed by atoms with Crippen molar-refractivity contribution >= 4 is 28.8 Å². The van der Waals surface area contributed by atoms with Crippen molar-refractivity contribution < 1.29 is 14.3 Å². The molecule has 0 radical (unpaired) electrons. The molecule has 0 saturated heterocycles. The van der Waals surface area contributed by atoms with Crippen LogP contribution in [0.25, 0.3) is 0 Å². The Hall–Kier alpha value is -2.41. The van der Waals surface area contributed by atoms with Gasteiger partial charge in [0.05, 0.1) is 18.5 Å². The van der Waals surface area contributed by atoms with E-state index in [4.69, 9.17) is 4.74 Å². The van der Waals surface area contributed by atoms with Crippen molar-refractivity contribution in [3.8, 4) is 5.88 Å². The zero-order valence-electron chi connectivity index (χ0n) is 13.4. The Morgan fingerprint density at radius 2 is 2.17 bits per heavy atom. The molecule has 0 atom stereocenters. The van der Waals surface area contributed by atoms with Crippen LogP contribution in [0.15, 0.2) is 24.4 Å². The molecular weight excluding hydrogens is 326 g/mol. The second-order valence-electron chi connectivity index (χ2n) is 5.56. The molecule has 6 nitrogen and oxygen atoms in total. The zero-order chi connectivity index (χ0) is 16.9. The Morgan fingerprint density at radius 3 is 2.96 bits per heavy atom. The minimum Gasteiger partial charge on any atom is -0.480 e. The third-order valence-corrected chi connectivity index (χ3v) is 5.10. The number of aryl methyl sites for hydroxylation is 2. The average molecular weight is 345 g/mol. The number of fused-ring (bicyclic) bond motifs is 1. The molecule has 2 N–H and O–H groups in total. The summed E-state index contributed by atoms with van der Waals surface area (Å²) in [5.74, 6) is -0.193. The molecule has 0 aliphatic heterocycles. The highest BCUT2D eigenvalue weighted by Crippen LogP contribution is 2.29. The minimum atomic E-state index is -0.323. The van der Waals surface area contributed by atoms with E-state index < -0.39 is 0 Å². The van der Waals surface area contributed by atoms with Crippen LogP contribution < -0.4 is 15.4 Å². The van der Waals surface area contributed by atoms with E-state index in [1.807, 2.05) is 6.07 Å². The molecule has 0 saturated carbocycles. The van der Waals surface area contributed by atoms with Gasteiger partial charge in [-0.2, -0.15) is 0 Å². The summed E-state index contributed by atoms with van der Waals surface area (Å²) in [5.41, 5.74) is 1.76. The van der Waals surface area contributed by atoms with E-state index in [9.17, 15) is 9.59 Å². The number of carbonyl (C=O) groups is 2. The number of aromatic nitrogens is 1. The first-order valence-electron chi connectivity index (χ1n) is 7.86. The van der Waals surface area contributed by atoms with E-state index in [-0.39, 0.29) is 18.4 Å². The number of hydrogen-bond donors (Lipinski definition) is 2. The van der Waals surface area contributed by atoms with Crippen molar-refractivity contribution in [1.29, 1.82) is 0 Å². The van der Waals surface area contributed by atoms with Crippen molar-refractivity contribution in [2.24, 2.45) is 0 Å². The van der Waals surface area contributed by atoms with Crippen molar-refractivity contribution in [1.82, 2.24) is 10.3 Å². The molecule has 3 rings (SSSR count). The summed E-state index contributed by atoms with van der Waals surface area (Å²) in [6.07, 6.45) is 6.04. The largest absolute Gasteiger partial charge is 0.480 e. The lowest BCUT2D eigenvalue weighted by atomic mass is 9.99. The number of ether oxygens (including phenoxy) is 1. The Labute approximate surface area is 144 Å². The lowest BCUT2D eigenvalue weighted by Gasteiger charge is -2.09. The molecule has 7 heteroatoms. The van der Waals surface area contributed by atoms with E-state index in [2.05, 4.69) is 15.6 Å². The maximum atomic E-state index is 12.2. The monoisotopic (exact) mass is 345 g/mol. The second kappa shape index (κ2) is 7.44. The van der Waals surface area contributed by atoms with E-state index in [0.29, 0.717) is 16.4 Å². The number of methoxy groups -OCH3 is 1. The summed E-state index contributed by atoms with van der Waals surface area (Å²) in [6, 6.07) is 5.35. The number of thiophene rings is 1. The first-order chi connectivity index (χ1) is 11.7. The summed E-state index contributed by atoms with van der Waals surface area (Å²) in [5, 5.41) is 5.34. The predicted octanol–water partition coefficient (Wildman–Crippen LogP) is 2.40. The molecule has 1 aliphatic carbocycles. The lowest BCUT2D eigenvalue weighted by Crippen LogP contribution is -2.32. The standard InChI is InChI=1S/C17H19N3O3S/c1-23-17-12(6-4-8-18-17)20-15(21)10-19-16(22)14-9-11-5-2-3-7-13(11)24-14/h4,6,8-9H,2-3,5,7,10H2,1H3,(H,19,22)(H,20,21). The molecule has 2 aromatic heterocycles. The van der Waals surface area contributed by atoms with Gasteiger partial charge in [-0.3, -0.25) is 9.59 Å². The van der Waals surface area contributed by atoms with Gasteiger partial charge in [-0.1, -0.05) is 0 Å². The molecule has 0 aromatic carbocycles. The number of hydrogen-bond acceptors (Lipinski definition) is 5. The average Bonchev–Trinajstić information content (AvgIpc) is 3.04. The highest BCUT2D eigenvalue weighted by Gasteiger charge is 2.18. The molecule has 2 amide bonds. The fourth-order valence-electron chi connectivity index (χ4n) is 2.69. The third kappa shape index (κ3) is 3.73. The van der Waals surface area contributed by atoms with Crippen molar-refractivity contribution in [3.63, 3.8) is 0 Å². The first kappa shape index (κ1) is 16.4. The predicted molar refractivity (Wildman–Crippen MR) is 92.7 cm³/mol. The summed E-state index contributed by atoms with van der Waals surface area (Å²) in [6.45, 7) is -0.0978. The lowest BCUT2D eigenvalue weighted by molar-refractivity contribution is -0.115. The van der Waals surface area contributed by atoms with Crippen LogP contribution in [0.2, 0.25) is 0 Å². The van der Waals surface area contributed by atoms with E-state index >= 15 is 0 Å². The number of anilines is 1. The minimum absolute atomic E-state index is 0.0978. The Balaban J connectivity index is 1.56. The van der Waals surface area contributed by atoms with Crippen LogP contribution in [-0.4, -0.2) is 30.5 Å².